The molecule has 1 N–H and O–H groups in total. The third kappa shape index (κ3) is 3.72. The highest BCUT2D eigenvalue weighted by Gasteiger charge is 2.02. The van der Waals surface area contributed by atoms with E-state index in [4.69, 9.17) is 0 Å². The second-order valence-electron chi connectivity index (χ2n) is 4.43. The summed E-state index contributed by atoms with van der Waals surface area (Å²) >= 11 is 0. The quantitative estimate of drug-likeness (QED) is 0.672. The highest BCUT2D eigenvalue weighted by atomic mass is 16.5. The van der Waals surface area contributed by atoms with Gasteiger partial charge in [0.05, 0.1) is 7.11 Å². The van der Waals surface area contributed by atoms with Crippen molar-refractivity contribution >= 4 is 23.4 Å². The Morgan fingerprint density at radius 1 is 1.00 bits per heavy atom. The number of carbonyl (C=O) groups is 1. The van der Waals surface area contributed by atoms with E-state index in [-0.39, 0.29) is 5.97 Å². The number of ether oxygens (including phenoxy) is 1. The van der Waals surface area contributed by atoms with Crippen molar-refractivity contribution < 1.29 is 9.53 Å². The van der Waals surface area contributed by atoms with Gasteiger partial charge < -0.3 is 10.1 Å². The SMILES string of the molecule is COC(=O)C(C)=Cc1ccc(Nc2ccccc2)cc1. The molecule has 0 atom stereocenters. The Hall–Kier alpha value is -2.55. The Morgan fingerprint density at radius 3 is 2.20 bits per heavy atom. The first-order valence-corrected chi connectivity index (χ1v) is 6.38. The molecule has 2 aromatic carbocycles. The van der Waals surface area contributed by atoms with E-state index in [0.717, 1.165) is 16.9 Å². The minimum absolute atomic E-state index is 0.309. The third-order valence-electron chi connectivity index (χ3n) is 2.86. The fourth-order valence-electron chi connectivity index (χ4n) is 1.82. The Bertz CT molecular complexity index is 601. The number of esters is 1. The number of hydrogen-bond donors (Lipinski definition) is 1. The van der Waals surface area contributed by atoms with E-state index in [0.29, 0.717) is 5.57 Å². The van der Waals surface area contributed by atoms with Gasteiger partial charge in [0.25, 0.3) is 0 Å². The normalized spacial score (nSPS) is 11.0. The molecule has 3 nitrogen and oxygen atoms in total. The van der Waals surface area contributed by atoms with Crippen molar-refractivity contribution in [3.8, 4) is 0 Å². The molecule has 0 saturated heterocycles. The highest BCUT2D eigenvalue weighted by molar-refractivity contribution is 5.92. The highest BCUT2D eigenvalue weighted by Crippen LogP contribution is 2.17. The van der Waals surface area contributed by atoms with Crippen molar-refractivity contribution in [3.05, 3.63) is 65.7 Å². The Kier molecular flexibility index (Phi) is 4.56. The topological polar surface area (TPSA) is 38.3 Å². The van der Waals surface area contributed by atoms with Crippen LogP contribution in [0.25, 0.3) is 6.08 Å². The van der Waals surface area contributed by atoms with Crippen LogP contribution in [-0.2, 0) is 9.53 Å². The number of para-hydroxylation sites is 1. The zero-order valence-electron chi connectivity index (χ0n) is 11.6. The summed E-state index contributed by atoms with van der Waals surface area (Å²) in [5.41, 5.74) is 3.59. The number of carbonyl (C=O) groups excluding carboxylic acids is 1. The van der Waals surface area contributed by atoms with Crippen LogP contribution in [0, 0.1) is 0 Å². The molecule has 0 bridgehead atoms. The van der Waals surface area contributed by atoms with Crippen LogP contribution in [0.4, 0.5) is 11.4 Å². The van der Waals surface area contributed by atoms with Crippen molar-refractivity contribution in [2.75, 3.05) is 12.4 Å². The predicted molar refractivity (Wildman–Crippen MR) is 81.8 cm³/mol. The van der Waals surface area contributed by atoms with Gasteiger partial charge in [0.15, 0.2) is 0 Å². The van der Waals surface area contributed by atoms with Crippen LogP contribution >= 0.6 is 0 Å². The summed E-state index contributed by atoms with van der Waals surface area (Å²) in [6.07, 6.45) is 1.80. The van der Waals surface area contributed by atoms with Gasteiger partial charge in [-0.1, -0.05) is 30.3 Å². The van der Waals surface area contributed by atoms with Crippen LogP contribution < -0.4 is 5.32 Å². The molecule has 0 unspecified atom stereocenters. The van der Waals surface area contributed by atoms with Gasteiger partial charge in [-0.2, -0.15) is 0 Å². The average Bonchev–Trinajstić information content (AvgIpc) is 2.49. The number of nitrogens with one attached hydrogen (secondary N) is 1. The van der Waals surface area contributed by atoms with Gasteiger partial charge in [-0.3, -0.25) is 0 Å². The second-order valence-corrected chi connectivity index (χ2v) is 4.43. The molecular formula is C17H17NO2. The second kappa shape index (κ2) is 6.57. The number of hydrogen-bond acceptors (Lipinski definition) is 3. The molecule has 2 rings (SSSR count). The van der Waals surface area contributed by atoms with Crippen molar-refractivity contribution in [2.45, 2.75) is 6.92 Å². The Morgan fingerprint density at radius 2 is 1.60 bits per heavy atom. The lowest BCUT2D eigenvalue weighted by Gasteiger charge is -2.06. The predicted octanol–water partition coefficient (Wildman–Crippen LogP) is 4.01. The lowest BCUT2D eigenvalue weighted by Crippen LogP contribution is -2.00. The van der Waals surface area contributed by atoms with E-state index in [9.17, 15) is 4.79 Å². The van der Waals surface area contributed by atoms with Gasteiger partial charge in [0.1, 0.15) is 0 Å². The lowest BCUT2D eigenvalue weighted by atomic mass is 10.1. The average molecular weight is 267 g/mol. The Labute approximate surface area is 118 Å². The fourth-order valence-corrected chi connectivity index (χ4v) is 1.82. The first kappa shape index (κ1) is 13.9. The molecule has 0 saturated carbocycles. The maximum atomic E-state index is 11.3. The van der Waals surface area contributed by atoms with Crippen LogP contribution in [0.5, 0.6) is 0 Å². The summed E-state index contributed by atoms with van der Waals surface area (Å²) in [7, 11) is 1.38. The summed E-state index contributed by atoms with van der Waals surface area (Å²) in [6, 6.07) is 17.8. The van der Waals surface area contributed by atoms with Crippen LogP contribution in [-0.4, -0.2) is 13.1 Å². The smallest absolute Gasteiger partial charge is 0.333 e. The van der Waals surface area contributed by atoms with E-state index in [1.165, 1.54) is 7.11 Å². The zero-order valence-corrected chi connectivity index (χ0v) is 11.6. The van der Waals surface area contributed by atoms with E-state index < -0.39 is 0 Å². The van der Waals surface area contributed by atoms with Gasteiger partial charge >= 0.3 is 5.97 Å². The molecule has 0 radical (unpaired) electrons. The molecule has 0 amide bonds. The molecule has 0 fully saturated rings. The number of benzene rings is 2. The summed E-state index contributed by atoms with van der Waals surface area (Å²) in [5, 5.41) is 3.31. The van der Waals surface area contributed by atoms with Crippen molar-refractivity contribution in [1.29, 1.82) is 0 Å². The molecule has 0 aliphatic rings. The van der Waals surface area contributed by atoms with Crippen LogP contribution in [0.1, 0.15) is 12.5 Å². The summed E-state index contributed by atoms with van der Waals surface area (Å²) in [5.74, 6) is -0.309. The summed E-state index contributed by atoms with van der Waals surface area (Å²) in [6.45, 7) is 1.74. The van der Waals surface area contributed by atoms with Crippen LogP contribution in [0.3, 0.4) is 0 Å². The fraction of sp³-hybridized carbons (Fsp3) is 0.118. The largest absolute Gasteiger partial charge is 0.466 e. The standard InChI is InChI=1S/C17H17NO2/c1-13(17(19)20-2)12-14-8-10-16(11-9-14)18-15-6-4-3-5-7-15/h3-12,18H,1-2H3. The van der Waals surface area contributed by atoms with Gasteiger partial charge in [-0.15, -0.1) is 0 Å². The minimum atomic E-state index is -0.309. The van der Waals surface area contributed by atoms with Crippen LogP contribution in [0.15, 0.2) is 60.2 Å². The molecule has 0 spiro atoms. The van der Waals surface area contributed by atoms with E-state index in [2.05, 4.69) is 10.1 Å². The van der Waals surface area contributed by atoms with Gasteiger partial charge in [-0.25, -0.2) is 4.79 Å². The first-order valence-electron chi connectivity index (χ1n) is 6.38. The molecule has 0 aromatic heterocycles. The molecule has 3 heteroatoms. The van der Waals surface area contributed by atoms with Gasteiger partial charge in [-0.05, 0) is 42.8 Å². The minimum Gasteiger partial charge on any atom is -0.466 e. The van der Waals surface area contributed by atoms with Crippen molar-refractivity contribution in [3.63, 3.8) is 0 Å². The maximum absolute atomic E-state index is 11.3. The van der Waals surface area contributed by atoms with Crippen molar-refractivity contribution in [1.82, 2.24) is 0 Å². The summed E-state index contributed by atoms with van der Waals surface area (Å²) in [4.78, 5) is 11.3. The summed E-state index contributed by atoms with van der Waals surface area (Å²) < 4.78 is 4.67. The molecule has 0 aliphatic heterocycles. The third-order valence-corrected chi connectivity index (χ3v) is 2.86. The van der Waals surface area contributed by atoms with E-state index in [1.807, 2.05) is 54.6 Å². The molecule has 0 aliphatic carbocycles. The number of anilines is 2. The van der Waals surface area contributed by atoms with E-state index >= 15 is 0 Å². The molecule has 2 aromatic rings. The molecule has 102 valence electrons. The van der Waals surface area contributed by atoms with Crippen LogP contribution in [0.2, 0.25) is 0 Å². The zero-order chi connectivity index (χ0) is 14.4. The monoisotopic (exact) mass is 267 g/mol. The number of rotatable bonds is 4. The Balaban J connectivity index is 2.09. The maximum Gasteiger partial charge on any atom is 0.333 e. The van der Waals surface area contributed by atoms with Gasteiger partial charge in [0, 0.05) is 16.9 Å². The molecule has 20 heavy (non-hydrogen) atoms. The molecular weight excluding hydrogens is 250 g/mol. The van der Waals surface area contributed by atoms with Crippen molar-refractivity contribution in [2.24, 2.45) is 0 Å². The van der Waals surface area contributed by atoms with Gasteiger partial charge in [0.2, 0.25) is 0 Å². The van der Waals surface area contributed by atoms with E-state index in [1.54, 1.807) is 13.0 Å². The first-order chi connectivity index (χ1) is 9.69. The number of methoxy groups -OCH3 is 1. The lowest BCUT2D eigenvalue weighted by molar-refractivity contribution is -0.135. The molecule has 0 heterocycles.